The van der Waals surface area contributed by atoms with Crippen molar-refractivity contribution >= 4 is 17.2 Å². The lowest BCUT2D eigenvalue weighted by molar-refractivity contribution is -0.120. The number of carbonyl (C=O) groups excluding carboxylic acids is 1. The van der Waals surface area contributed by atoms with Crippen LogP contribution in [0, 0.1) is 0 Å². The number of nitrogens with one attached hydrogen (secondary N) is 1. The third kappa shape index (κ3) is 3.12. The number of nitrogens with two attached hydrogens (primary N) is 1. The smallest absolute Gasteiger partial charge is 0.241 e. The highest BCUT2D eigenvalue weighted by Crippen LogP contribution is 2.15. The number of aromatic nitrogens is 1. The summed E-state index contributed by atoms with van der Waals surface area (Å²) in [5.74, 6) is -0.407. The molecule has 0 bridgehead atoms. The Balaban J connectivity index is 2.03. The summed E-state index contributed by atoms with van der Waals surface area (Å²) in [6.07, 6.45) is 1.67. The third-order valence-electron chi connectivity index (χ3n) is 2.34. The molecule has 0 aliphatic carbocycles. The molecular formula is C12H13N3OS. The van der Waals surface area contributed by atoms with Crippen LogP contribution in [-0.2, 0) is 11.3 Å². The molecule has 1 unspecified atom stereocenters. The molecule has 0 aliphatic rings. The zero-order valence-electron chi connectivity index (χ0n) is 9.17. The van der Waals surface area contributed by atoms with E-state index in [0.29, 0.717) is 11.6 Å². The first-order chi connectivity index (χ1) is 8.27. The van der Waals surface area contributed by atoms with Gasteiger partial charge in [-0.3, -0.25) is 10.1 Å². The van der Waals surface area contributed by atoms with E-state index in [9.17, 15) is 4.79 Å². The van der Waals surface area contributed by atoms with E-state index in [1.165, 1.54) is 11.3 Å². The monoisotopic (exact) mass is 247 g/mol. The minimum absolute atomic E-state index is 0.407. The van der Waals surface area contributed by atoms with Crippen LogP contribution in [0.5, 0.6) is 0 Å². The zero-order valence-corrected chi connectivity index (χ0v) is 9.98. The van der Waals surface area contributed by atoms with E-state index >= 15 is 0 Å². The van der Waals surface area contributed by atoms with Crippen molar-refractivity contribution in [1.29, 1.82) is 0 Å². The first-order valence-corrected chi connectivity index (χ1v) is 6.11. The molecule has 5 heteroatoms. The maximum atomic E-state index is 11.3. The molecule has 0 fully saturated rings. The Hall–Kier alpha value is -1.72. The van der Waals surface area contributed by atoms with Crippen LogP contribution in [0.1, 0.15) is 16.6 Å². The first-order valence-electron chi connectivity index (χ1n) is 5.23. The average molecular weight is 247 g/mol. The quantitative estimate of drug-likeness (QED) is 0.840. The molecule has 1 aromatic carbocycles. The molecule has 1 heterocycles. The molecule has 0 spiro atoms. The number of primary amides is 1. The fourth-order valence-corrected chi connectivity index (χ4v) is 2.22. The topological polar surface area (TPSA) is 68.0 Å². The Morgan fingerprint density at radius 2 is 2.18 bits per heavy atom. The Morgan fingerprint density at radius 1 is 1.41 bits per heavy atom. The van der Waals surface area contributed by atoms with E-state index in [1.54, 1.807) is 6.20 Å². The lowest BCUT2D eigenvalue weighted by Gasteiger charge is -2.12. The number of hydrogen-bond acceptors (Lipinski definition) is 4. The van der Waals surface area contributed by atoms with Gasteiger partial charge in [-0.2, -0.15) is 0 Å². The van der Waals surface area contributed by atoms with Crippen molar-refractivity contribution < 1.29 is 4.79 Å². The van der Waals surface area contributed by atoms with Crippen LogP contribution < -0.4 is 11.1 Å². The van der Waals surface area contributed by atoms with Crippen LogP contribution in [-0.4, -0.2) is 10.9 Å². The number of rotatable bonds is 5. The molecule has 0 aliphatic heterocycles. The van der Waals surface area contributed by atoms with Gasteiger partial charge in [-0.25, -0.2) is 4.98 Å². The molecule has 0 saturated heterocycles. The van der Waals surface area contributed by atoms with Gasteiger partial charge in [0, 0.05) is 18.1 Å². The van der Waals surface area contributed by atoms with Crippen molar-refractivity contribution in [2.75, 3.05) is 0 Å². The van der Waals surface area contributed by atoms with Gasteiger partial charge in [0.05, 0.1) is 0 Å². The van der Waals surface area contributed by atoms with Crippen molar-refractivity contribution in [1.82, 2.24) is 10.3 Å². The number of amides is 1. The Morgan fingerprint density at radius 3 is 2.76 bits per heavy atom. The molecule has 2 rings (SSSR count). The lowest BCUT2D eigenvalue weighted by Crippen LogP contribution is -2.33. The summed E-state index contributed by atoms with van der Waals surface area (Å²) >= 11 is 1.42. The number of carbonyl (C=O) groups is 1. The normalized spacial score (nSPS) is 12.2. The van der Waals surface area contributed by atoms with Crippen molar-refractivity contribution in [3.8, 4) is 0 Å². The van der Waals surface area contributed by atoms with Gasteiger partial charge in [0.2, 0.25) is 5.91 Å². The fraction of sp³-hybridized carbons (Fsp3) is 0.167. The maximum Gasteiger partial charge on any atom is 0.241 e. The third-order valence-corrected chi connectivity index (χ3v) is 3.18. The van der Waals surface area contributed by atoms with Gasteiger partial charge >= 0.3 is 0 Å². The molecule has 1 aromatic heterocycles. The van der Waals surface area contributed by atoms with Crippen molar-refractivity contribution in [2.45, 2.75) is 12.6 Å². The predicted octanol–water partition coefficient (Wildman–Crippen LogP) is 1.46. The van der Waals surface area contributed by atoms with Crippen LogP contribution in [0.15, 0.2) is 41.9 Å². The molecule has 0 radical (unpaired) electrons. The summed E-state index contributed by atoms with van der Waals surface area (Å²) in [5, 5.41) is 5.64. The van der Waals surface area contributed by atoms with E-state index in [-0.39, 0.29) is 0 Å². The highest BCUT2D eigenvalue weighted by molar-refractivity contribution is 7.09. The Bertz CT molecular complexity index is 470. The molecule has 0 saturated carbocycles. The van der Waals surface area contributed by atoms with Gasteiger partial charge in [-0.1, -0.05) is 30.3 Å². The molecule has 2 aromatic rings. The average Bonchev–Trinajstić information content (AvgIpc) is 2.84. The van der Waals surface area contributed by atoms with Crippen LogP contribution in [0.2, 0.25) is 0 Å². The van der Waals surface area contributed by atoms with E-state index in [1.807, 2.05) is 35.7 Å². The zero-order chi connectivity index (χ0) is 12.1. The highest BCUT2D eigenvalue weighted by atomic mass is 32.1. The van der Waals surface area contributed by atoms with Crippen LogP contribution in [0.25, 0.3) is 0 Å². The SMILES string of the molecule is NC(=O)C(NCc1ccccc1)c1nccs1. The second-order valence-corrected chi connectivity index (χ2v) is 4.50. The summed E-state index contributed by atoms with van der Waals surface area (Å²) in [6, 6.07) is 9.34. The minimum Gasteiger partial charge on any atom is -0.368 e. The van der Waals surface area contributed by atoms with Gasteiger partial charge in [-0.15, -0.1) is 11.3 Å². The summed E-state index contributed by atoms with van der Waals surface area (Å²) < 4.78 is 0. The predicted molar refractivity (Wildman–Crippen MR) is 67.3 cm³/mol. The van der Waals surface area contributed by atoms with E-state index in [0.717, 1.165) is 5.56 Å². The van der Waals surface area contributed by atoms with Gasteiger partial charge in [0.1, 0.15) is 11.0 Å². The van der Waals surface area contributed by atoms with Crippen molar-refractivity contribution in [3.05, 3.63) is 52.5 Å². The molecule has 1 amide bonds. The number of thiazole rings is 1. The molecular weight excluding hydrogens is 234 g/mol. The highest BCUT2D eigenvalue weighted by Gasteiger charge is 2.19. The molecule has 4 nitrogen and oxygen atoms in total. The van der Waals surface area contributed by atoms with E-state index < -0.39 is 11.9 Å². The molecule has 88 valence electrons. The lowest BCUT2D eigenvalue weighted by atomic mass is 10.2. The summed E-state index contributed by atoms with van der Waals surface area (Å²) in [4.78, 5) is 15.5. The maximum absolute atomic E-state index is 11.3. The molecule has 1 atom stereocenters. The second-order valence-electron chi connectivity index (χ2n) is 3.57. The van der Waals surface area contributed by atoms with Crippen molar-refractivity contribution in [2.24, 2.45) is 5.73 Å². The number of nitrogens with zero attached hydrogens (tertiary/aromatic N) is 1. The molecule has 17 heavy (non-hydrogen) atoms. The van der Waals surface area contributed by atoms with E-state index in [2.05, 4.69) is 10.3 Å². The minimum atomic E-state index is -0.518. The second kappa shape index (κ2) is 5.56. The number of hydrogen-bond donors (Lipinski definition) is 2. The largest absolute Gasteiger partial charge is 0.368 e. The Labute approximate surface area is 103 Å². The van der Waals surface area contributed by atoms with Gasteiger partial charge in [0.15, 0.2) is 0 Å². The van der Waals surface area contributed by atoms with E-state index in [4.69, 9.17) is 5.73 Å². The van der Waals surface area contributed by atoms with Crippen LogP contribution in [0.4, 0.5) is 0 Å². The molecule has 3 N–H and O–H groups in total. The van der Waals surface area contributed by atoms with Gasteiger partial charge < -0.3 is 5.73 Å². The summed E-state index contributed by atoms with van der Waals surface area (Å²) in [6.45, 7) is 0.591. The van der Waals surface area contributed by atoms with Crippen molar-refractivity contribution in [3.63, 3.8) is 0 Å². The summed E-state index contributed by atoms with van der Waals surface area (Å²) in [7, 11) is 0. The van der Waals surface area contributed by atoms with Gasteiger partial charge in [0.25, 0.3) is 0 Å². The van der Waals surface area contributed by atoms with Crippen LogP contribution in [0.3, 0.4) is 0 Å². The first kappa shape index (κ1) is 11.8. The van der Waals surface area contributed by atoms with Crippen LogP contribution >= 0.6 is 11.3 Å². The standard InChI is InChI=1S/C12H13N3OS/c13-11(16)10(12-14-6-7-17-12)15-8-9-4-2-1-3-5-9/h1-7,10,15H,8H2,(H2,13,16). The Kier molecular flexibility index (Phi) is 3.85. The van der Waals surface area contributed by atoms with Gasteiger partial charge in [-0.05, 0) is 5.56 Å². The summed E-state index contributed by atoms with van der Waals surface area (Å²) in [5.41, 5.74) is 6.46. The number of benzene rings is 1. The fourth-order valence-electron chi connectivity index (χ4n) is 1.50.